The van der Waals surface area contributed by atoms with Crippen molar-refractivity contribution in [3.8, 4) is 0 Å². The third-order valence-electron chi connectivity index (χ3n) is 2.99. The minimum absolute atomic E-state index is 0.567. The molecule has 1 aromatic heterocycles. The van der Waals surface area contributed by atoms with Gasteiger partial charge in [0.2, 0.25) is 0 Å². The molecule has 0 saturated heterocycles. The molecule has 0 aliphatic carbocycles. The van der Waals surface area contributed by atoms with E-state index in [-0.39, 0.29) is 0 Å². The average molecular weight is 267 g/mol. The Morgan fingerprint density at radius 1 is 1.17 bits per heavy atom. The summed E-state index contributed by atoms with van der Waals surface area (Å²) in [7, 11) is 0. The molecule has 18 heavy (non-hydrogen) atoms. The van der Waals surface area contributed by atoms with Crippen LogP contribution >= 0.6 is 11.8 Å². The average Bonchev–Trinajstić information content (AvgIpc) is 2.31. The summed E-state index contributed by atoms with van der Waals surface area (Å²) in [6, 6.07) is 0. The molecule has 0 aromatic carbocycles. The van der Waals surface area contributed by atoms with Crippen LogP contribution in [-0.4, -0.2) is 21.8 Å². The first-order valence-electron chi connectivity index (χ1n) is 6.71. The smallest absolute Gasteiger partial charge is 0.133 e. The lowest BCUT2D eigenvalue weighted by atomic mass is 10.2. The topological polar surface area (TPSA) is 37.8 Å². The first kappa shape index (κ1) is 15.3. The Bertz CT molecular complexity index is 391. The first-order chi connectivity index (χ1) is 8.45. The Hall–Kier alpha value is -0.770. The second-order valence-corrected chi connectivity index (χ2v) is 6.41. The van der Waals surface area contributed by atoms with Gasteiger partial charge in [0, 0.05) is 17.4 Å². The number of anilines is 1. The predicted molar refractivity (Wildman–Crippen MR) is 80.4 cm³/mol. The van der Waals surface area contributed by atoms with E-state index >= 15 is 0 Å². The molecule has 0 saturated carbocycles. The van der Waals surface area contributed by atoms with Crippen molar-refractivity contribution < 1.29 is 0 Å². The summed E-state index contributed by atoms with van der Waals surface area (Å²) < 4.78 is 0. The summed E-state index contributed by atoms with van der Waals surface area (Å²) in [5.41, 5.74) is 1.17. The van der Waals surface area contributed by atoms with Crippen LogP contribution in [0.25, 0.3) is 0 Å². The Morgan fingerprint density at radius 2 is 1.83 bits per heavy atom. The molecular weight excluding hydrogens is 242 g/mol. The minimum Gasteiger partial charge on any atom is -0.370 e. The van der Waals surface area contributed by atoms with Gasteiger partial charge in [0.25, 0.3) is 0 Å². The maximum Gasteiger partial charge on any atom is 0.133 e. The molecule has 0 aliphatic rings. The summed E-state index contributed by atoms with van der Waals surface area (Å²) in [5, 5.41) is 5.06. The fourth-order valence-electron chi connectivity index (χ4n) is 1.45. The highest BCUT2D eigenvalue weighted by Crippen LogP contribution is 2.31. The predicted octanol–water partition coefficient (Wildman–Crippen LogP) is 4.05. The standard InChI is InChI=1S/C14H25N3S/c1-7-8-15-13-10(4)14(17-12(6)16-13)18-11(5)9(2)3/h9,11H,7-8H2,1-6H3,(H,15,16,17). The molecule has 3 nitrogen and oxygen atoms in total. The number of thioether (sulfide) groups is 1. The van der Waals surface area contributed by atoms with Crippen LogP contribution in [-0.2, 0) is 0 Å². The van der Waals surface area contributed by atoms with E-state index in [0.29, 0.717) is 11.2 Å². The second-order valence-electron chi connectivity index (χ2n) is 5.04. The molecule has 0 bridgehead atoms. The summed E-state index contributed by atoms with van der Waals surface area (Å²) >= 11 is 1.85. The zero-order valence-electron chi connectivity index (χ0n) is 12.4. The lowest BCUT2D eigenvalue weighted by molar-refractivity contribution is 0.641. The fraction of sp³-hybridized carbons (Fsp3) is 0.714. The van der Waals surface area contributed by atoms with Gasteiger partial charge in [-0.1, -0.05) is 27.7 Å². The van der Waals surface area contributed by atoms with Crippen molar-refractivity contribution in [2.75, 3.05) is 11.9 Å². The largest absolute Gasteiger partial charge is 0.370 e. The number of hydrogen-bond donors (Lipinski definition) is 1. The summed E-state index contributed by atoms with van der Waals surface area (Å²) in [6.45, 7) is 13.9. The molecule has 1 N–H and O–H groups in total. The Labute approximate surface area is 115 Å². The van der Waals surface area contributed by atoms with Gasteiger partial charge in [-0.25, -0.2) is 9.97 Å². The van der Waals surface area contributed by atoms with Gasteiger partial charge in [-0.05, 0) is 26.2 Å². The van der Waals surface area contributed by atoms with E-state index in [9.17, 15) is 0 Å². The Morgan fingerprint density at radius 3 is 2.39 bits per heavy atom. The van der Waals surface area contributed by atoms with Gasteiger partial charge in [-0.3, -0.25) is 0 Å². The summed E-state index contributed by atoms with van der Waals surface area (Å²) in [4.78, 5) is 9.06. The molecule has 1 aromatic rings. The zero-order chi connectivity index (χ0) is 13.7. The molecule has 0 fully saturated rings. The molecule has 0 spiro atoms. The summed E-state index contributed by atoms with van der Waals surface area (Å²) in [6.07, 6.45) is 1.10. The highest BCUT2D eigenvalue weighted by molar-refractivity contribution is 7.99. The van der Waals surface area contributed by atoms with Crippen LogP contribution in [0.5, 0.6) is 0 Å². The van der Waals surface area contributed by atoms with Gasteiger partial charge >= 0.3 is 0 Å². The van der Waals surface area contributed by atoms with Gasteiger partial charge in [0.05, 0.1) is 0 Å². The van der Waals surface area contributed by atoms with Crippen LogP contribution in [0.3, 0.4) is 0 Å². The van der Waals surface area contributed by atoms with Crippen molar-refractivity contribution in [1.82, 2.24) is 9.97 Å². The van der Waals surface area contributed by atoms with Gasteiger partial charge in [-0.2, -0.15) is 0 Å². The quantitative estimate of drug-likeness (QED) is 0.623. The highest BCUT2D eigenvalue weighted by atomic mass is 32.2. The Kier molecular flexibility index (Phi) is 5.93. The number of aromatic nitrogens is 2. The Balaban J connectivity index is 2.93. The fourth-order valence-corrected chi connectivity index (χ4v) is 2.53. The number of nitrogens with zero attached hydrogens (tertiary/aromatic N) is 2. The molecule has 102 valence electrons. The third kappa shape index (κ3) is 4.16. The van der Waals surface area contributed by atoms with E-state index in [2.05, 4.69) is 49.9 Å². The van der Waals surface area contributed by atoms with Crippen molar-refractivity contribution in [2.45, 2.75) is 58.2 Å². The van der Waals surface area contributed by atoms with Crippen LogP contribution < -0.4 is 5.32 Å². The van der Waals surface area contributed by atoms with Crippen molar-refractivity contribution >= 4 is 17.6 Å². The normalized spacial score (nSPS) is 12.8. The van der Waals surface area contributed by atoms with Crippen LogP contribution in [0.1, 0.15) is 45.5 Å². The zero-order valence-corrected chi connectivity index (χ0v) is 13.2. The first-order valence-corrected chi connectivity index (χ1v) is 7.59. The van der Waals surface area contributed by atoms with Crippen molar-refractivity contribution in [2.24, 2.45) is 5.92 Å². The maximum absolute atomic E-state index is 4.58. The molecule has 1 heterocycles. The maximum atomic E-state index is 4.58. The molecule has 1 unspecified atom stereocenters. The molecule has 0 radical (unpaired) electrons. The highest BCUT2D eigenvalue weighted by Gasteiger charge is 2.14. The minimum atomic E-state index is 0.567. The molecular formula is C14H25N3S. The van der Waals surface area contributed by atoms with Gasteiger partial charge in [0.15, 0.2) is 0 Å². The lowest BCUT2D eigenvalue weighted by Gasteiger charge is -2.17. The van der Waals surface area contributed by atoms with Crippen LogP contribution in [0.4, 0.5) is 5.82 Å². The van der Waals surface area contributed by atoms with E-state index < -0.39 is 0 Å². The van der Waals surface area contributed by atoms with Crippen LogP contribution in [0.15, 0.2) is 5.03 Å². The number of hydrogen-bond acceptors (Lipinski definition) is 4. The van der Waals surface area contributed by atoms with E-state index in [1.54, 1.807) is 0 Å². The van der Waals surface area contributed by atoms with E-state index in [1.165, 1.54) is 5.56 Å². The van der Waals surface area contributed by atoms with Gasteiger partial charge < -0.3 is 5.32 Å². The van der Waals surface area contributed by atoms with E-state index in [4.69, 9.17) is 0 Å². The molecule has 1 rings (SSSR count). The lowest BCUT2D eigenvalue weighted by Crippen LogP contribution is -2.10. The second kappa shape index (κ2) is 6.98. The summed E-state index contributed by atoms with van der Waals surface area (Å²) in [5.74, 6) is 2.48. The molecule has 4 heteroatoms. The van der Waals surface area contributed by atoms with E-state index in [0.717, 1.165) is 29.6 Å². The number of aryl methyl sites for hydroxylation is 1. The van der Waals surface area contributed by atoms with Crippen molar-refractivity contribution in [3.05, 3.63) is 11.4 Å². The molecule has 0 aliphatic heterocycles. The van der Waals surface area contributed by atoms with Gasteiger partial charge in [0.1, 0.15) is 16.7 Å². The van der Waals surface area contributed by atoms with E-state index in [1.807, 2.05) is 18.7 Å². The number of rotatable bonds is 6. The number of nitrogens with one attached hydrogen (secondary N) is 1. The molecule has 1 atom stereocenters. The van der Waals surface area contributed by atoms with Gasteiger partial charge in [-0.15, -0.1) is 11.8 Å². The van der Waals surface area contributed by atoms with Crippen LogP contribution in [0.2, 0.25) is 0 Å². The SMILES string of the molecule is CCCNc1nc(C)nc(SC(C)C(C)C)c1C. The third-order valence-corrected chi connectivity index (χ3v) is 4.53. The van der Waals surface area contributed by atoms with Crippen molar-refractivity contribution in [1.29, 1.82) is 0 Å². The van der Waals surface area contributed by atoms with Crippen LogP contribution in [0, 0.1) is 19.8 Å². The van der Waals surface area contributed by atoms with Crippen molar-refractivity contribution in [3.63, 3.8) is 0 Å². The molecule has 0 amide bonds. The monoisotopic (exact) mass is 267 g/mol.